The third-order valence-electron chi connectivity index (χ3n) is 6.37. The van der Waals surface area contributed by atoms with Crippen molar-refractivity contribution in [2.45, 2.75) is 19.8 Å². The number of benzene rings is 2. The highest BCUT2D eigenvalue weighted by Gasteiger charge is 2.28. The van der Waals surface area contributed by atoms with Crippen LogP contribution in [0.1, 0.15) is 28.8 Å². The second-order valence-electron chi connectivity index (χ2n) is 8.82. The number of aromatic nitrogens is 3. The van der Waals surface area contributed by atoms with Crippen LogP contribution in [0.15, 0.2) is 85.2 Å². The topological polar surface area (TPSA) is 80.1 Å². The van der Waals surface area contributed by atoms with Crippen LogP contribution in [0.25, 0.3) is 16.9 Å². The molecule has 176 valence electrons. The average Bonchev–Trinajstić information content (AvgIpc) is 3.40. The Morgan fingerprint density at radius 3 is 2.49 bits per heavy atom. The van der Waals surface area contributed by atoms with Crippen LogP contribution in [0.3, 0.4) is 0 Å². The van der Waals surface area contributed by atoms with Crippen molar-refractivity contribution in [3.8, 4) is 16.9 Å². The number of nitrogens with zero attached hydrogens (tertiary/aromatic N) is 4. The molecule has 2 aromatic carbocycles. The lowest BCUT2D eigenvalue weighted by Crippen LogP contribution is -2.41. The lowest BCUT2D eigenvalue weighted by molar-refractivity contribution is -0.121. The van der Waals surface area contributed by atoms with E-state index < -0.39 is 0 Å². The minimum Gasteiger partial charge on any atom is -0.339 e. The van der Waals surface area contributed by atoms with Gasteiger partial charge in [-0.3, -0.25) is 9.59 Å². The molecule has 0 unspecified atom stereocenters. The molecule has 7 nitrogen and oxygen atoms in total. The van der Waals surface area contributed by atoms with Crippen LogP contribution in [0.5, 0.6) is 0 Å². The molecule has 1 aliphatic rings. The normalized spacial score (nSPS) is 14.0. The first-order valence-electron chi connectivity index (χ1n) is 11.8. The molecule has 0 saturated carbocycles. The van der Waals surface area contributed by atoms with Crippen molar-refractivity contribution in [1.29, 1.82) is 0 Å². The quantitative estimate of drug-likeness (QED) is 0.462. The minimum absolute atomic E-state index is 0.0284. The van der Waals surface area contributed by atoms with Gasteiger partial charge >= 0.3 is 0 Å². The molecular formula is C28H27N5O2. The van der Waals surface area contributed by atoms with Gasteiger partial charge in [0.15, 0.2) is 0 Å². The molecule has 1 fully saturated rings. The summed E-state index contributed by atoms with van der Waals surface area (Å²) in [5, 5.41) is 7.38. The van der Waals surface area contributed by atoms with Crippen molar-refractivity contribution >= 4 is 17.6 Å². The van der Waals surface area contributed by atoms with Crippen molar-refractivity contribution in [3.63, 3.8) is 0 Å². The van der Waals surface area contributed by atoms with E-state index in [1.54, 1.807) is 12.4 Å². The maximum Gasteiger partial charge on any atom is 0.253 e. The molecule has 0 bridgehead atoms. The molecule has 1 saturated heterocycles. The lowest BCUT2D eigenvalue weighted by Gasteiger charge is -2.31. The first kappa shape index (κ1) is 22.5. The van der Waals surface area contributed by atoms with Crippen LogP contribution in [0, 0.1) is 12.8 Å². The van der Waals surface area contributed by atoms with Gasteiger partial charge in [-0.2, -0.15) is 5.10 Å². The number of amides is 2. The first-order valence-corrected chi connectivity index (χ1v) is 11.8. The van der Waals surface area contributed by atoms with Crippen LogP contribution in [0.2, 0.25) is 0 Å². The highest BCUT2D eigenvalue weighted by Crippen LogP contribution is 2.24. The van der Waals surface area contributed by atoms with E-state index in [0.717, 1.165) is 22.5 Å². The molecule has 1 aliphatic heterocycles. The summed E-state index contributed by atoms with van der Waals surface area (Å²) in [6.45, 7) is 3.04. The van der Waals surface area contributed by atoms with E-state index in [-0.39, 0.29) is 17.7 Å². The molecule has 0 radical (unpaired) electrons. The van der Waals surface area contributed by atoms with E-state index in [1.807, 2.05) is 89.3 Å². The number of rotatable bonds is 5. The van der Waals surface area contributed by atoms with Crippen LogP contribution in [-0.2, 0) is 4.79 Å². The Morgan fingerprint density at radius 1 is 0.943 bits per heavy atom. The summed E-state index contributed by atoms with van der Waals surface area (Å²) in [5.41, 5.74) is 4.51. The summed E-state index contributed by atoms with van der Waals surface area (Å²) in [5.74, 6) is 0.359. The Labute approximate surface area is 204 Å². The van der Waals surface area contributed by atoms with E-state index in [2.05, 4.69) is 15.4 Å². The SMILES string of the molecule is Cc1ccc(NC(=O)C2CCN(C(=O)c3cccc(-n4nccc4-c4ccccc4)c3)CC2)nc1. The Kier molecular flexibility index (Phi) is 6.39. The van der Waals surface area contributed by atoms with E-state index in [1.165, 1.54) is 0 Å². The molecule has 7 heteroatoms. The number of aryl methyl sites for hydroxylation is 1. The molecular weight excluding hydrogens is 438 g/mol. The van der Waals surface area contributed by atoms with Crippen molar-refractivity contribution in [1.82, 2.24) is 19.7 Å². The predicted octanol–water partition coefficient (Wildman–Crippen LogP) is 4.73. The summed E-state index contributed by atoms with van der Waals surface area (Å²) in [4.78, 5) is 32.0. The van der Waals surface area contributed by atoms with Gasteiger partial charge in [-0.1, -0.05) is 42.5 Å². The fraction of sp³-hybridized carbons (Fsp3) is 0.214. The van der Waals surface area contributed by atoms with Crippen molar-refractivity contribution in [2.24, 2.45) is 5.92 Å². The van der Waals surface area contributed by atoms with Crippen LogP contribution in [0.4, 0.5) is 5.82 Å². The summed E-state index contributed by atoms with van der Waals surface area (Å²) in [6.07, 6.45) is 4.75. The number of carbonyl (C=O) groups is 2. The van der Waals surface area contributed by atoms with Gasteiger partial charge in [0.25, 0.3) is 5.91 Å². The van der Waals surface area contributed by atoms with E-state index in [4.69, 9.17) is 0 Å². The molecule has 0 spiro atoms. The van der Waals surface area contributed by atoms with E-state index in [9.17, 15) is 9.59 Å². The van der Waals surface area contributed by atoms with Crippen LogP contribution in [-0.4, -0.2) is 44.6 Å². The van der Waals surface area contributed by atoms with Gasteiger partial charge in [-0.05, 0) is 55.7 Å². The molecule has 35 heavy (non-hydrogen) atoms. The zero-order chi connectivity index (χ0) is 24.2. The van der Waals surface area contributed by atoms with Crippen LogP contribution >= 0.6 is 0 Å². The first-order chi connectivity index (χ1) is 17.1. The molecule has 1 N–H and O–H groups in total. The number of anilines is 1. The van der Waals surface area contributed by atoms with Gasteiger partial charge in [0.05, 0.1) is 17.6 Å². The summed E-state index contributed by atoms with van der Waals surface area (Å²) >= 11 is 0. The Bertz CT molecular complexity index is 1320. The molecule has 3 heterocycles. The van der Waals surface area contributed by atoms with E-state index >= 15 is 0 Å². The average molecular weight is 466 g/mol. The Balaban J connectivity index is 1.25. The number of hydrogen-bond acceptors (Lipinski definition) is 4. The molecule has 2 aromatic heterocycles. The zero-order valence-electron chi connectivity index (χ0n) is 19.6. The molecule has 0 atom stereocenters. The number of pyridine rings is 1. The molecule has 0 aliphatic carbocycles. The van der Waals surface area contributed by atoms with Crippen molar-refractivity contribution in [2.75, 3.05) is 18.4 Å². The van der Waals surface area contributed by atoms with E-state index in [0.29, 0.717) is 37.3 Å². The summed E-state index contributed by atoms with van der Waals surface area (Å²) < 4.78 is 1.85. The maximum absolute atomic E-state index is 13.3. The summed E-state index contributed by atoms with van der Waals surface area (Å²) in [7, 11) is 0. The second kappa shape index (κ2) is 9.93. The lowest BCUT2D eigenvalue weighted by atomic mass is 9.95. The monoisotopic (exact) mass is 465 g/mol. The van der Waals surface area contributed by atoms with Crippen molar-refractivity contribution in [3.05, 3.63) is 96.3 Å². The Morgan fingerprint density at radius 2 is 1.74 bits per heavy atom. The number of likely N-dealkylation sites (tertiary alicyclic amines) is 1. The zero-order valence-corrected chi connectivity index (χ0v) is 19.6. The van der Waals surface area contributed by atoms with Gasteiger partial charge in [0.2, 0.25) is 5.91 Å². The number of carbonyl (C=O) groups excluding carboxylic acids is 2. The van der Waals surface area contributed by atoms with Gasteiger partial charge < -0.3 is 10.2 Å². The molecule has 5 rings (SSSR count). The molecule has 2 amide bonds. The van der Waals surface area contributed by atoms with Gasteiger partial charge in [-0.25, -0.2) is 9.67 Å². The highest BCUT2D eigenvalue weighted by molar-refractivity contribution is 5.95. The highest BCUT2D eigenvalue weighted by atomic mass is 16.2. The number of hydrogen-bond donors (Lipinski definition) is 1. The fourth-order valence-electron chi connectivity index (χ4n) is 4.40. The minimum atomic E-state index is -0.133. The third kappa shape index (κ3) is 4.99. The largest absolute Gasteiger partial charge is 0.339 e. The number of nitrogens with one attached hydrogen (secondary N) is 1. The standard InChI is InChI=1S/C28H27N5O2/c1-20-10-11-26(29-19-20)31-27(34)22-13-16-32(17-14-22)28(35)23-8-5-9-24(18-23)33-25(12-15-30-33)21-6-3-2-4-7-21/h2-12,15,18-19,22H,13-14,16-17H2,1H3,(H,29,31,34). The smallest absolute Gasteiger partial charge is 0.253 e. The van der Waals surface area contributed by atoms with Gasteiger partial charge in [0, 0.05) is 36.3 Å². The van der Waals surface area contributed by atoms with Gasteiger partial charge in [0.1, 0.15) is 5.82 Å². The number of piperidine rings is 1. The van der Waals surface area contributed by atoms with Crippen molar-refractivity contribution < 1.29 is 9.59 Å². The van der Waals surface area contributed by atoms with Crippen LogP contribution < -0.4 is 5.32 Å². The summed E-state index contributed by atoms with van der Waals surface area (Å²) in [6, 6.07) is 23.3. The molecule has 4 aromatic rings. The fourth-order valence-corrected chi connectivity index (χ4v) is 4.40. The Hall–Kier alpha value is -4.26. The van der Waals surface area contributed by atoms with Gasteiger partial charge in [-0.15, -0.1) is 0 Å². The predicted molar refractivity (Wildman–Crippen MR) is 135 cm³/mol. The third-order valence-corrected chi connectivity index (χ3v) is 6.37. The maximum atomic E-state index is 13.3. The second-order valence-corrected chi connectivity index (χ2v) is 8.82.